The van der Waals surface area contributed by atoms with Crippen molar-refractivity contribution in [3.8, 4) is 5.75 Å². The second-order valence-corrected chi connectivity index (χ2v) is 3.34. The molecular formula is C10H13OS. The normalized spacial score (nSPS) is 9.83. The summed E-state index contributed by atoms with van der Waals surface area (Å²) in [6.07, 6.45) is 3.09. The van der Waals surface area contributed by atoms with Crippen LogP contribution in [0.25, 0.3) is 0 Å². The molecule has 65 valence electrons. The van der Waals surface area contributed by atoms with Crippen molar-refractivity contribution in [2.24, 2.45) is 0 Å². The highest BCUT2D eigenvalue weighted by Gasteiger charge is 1.94. The van der Waals surface area contributed by atoms with Crippen LogP contribution in [0.4, 0.5) is 0 Å². The zero-order chi connectivity index (χ0) is 8.81. The molecule has 0 aliphatic rings. The first-order chi connectivity index (χ1) is 5.86. The van der Waals surface area contributed by atoms with Crippen LogP contribution in [0, 0.1) is 6.07 Å². The van der Waals surface area contributed by atoms with E-state index in [9.17, 15) is 0 Å². The second kappa shape index (κ2) is 5.09. The van der Waals surface area contributed by atoms with Gasteiger partial charge in [-0.15, -0.1) is 11.8 Å². The van der Waals surface area contributed by atoms with Crippen LogP contribution < -0.4 is 4.74 Å². The first-order valence-electron chi connectivity index (χ1n) is 4.04. The van der Waals surface area contributed by atoms with Crippen molar-refractivity contribution in [2.75, 3.05) is 12.9 Å². The van der Waals surface area contributed by atoms with E-state index in [1.54, 1.807) is 11.8 Å². The molecule has 0 saturated carbocycles. The van der Waals surface area contributed by atoms with E-state index in [4.69, 9.17) is 4.74 Å². The van der Waals surface area contributed by atoms with E-state index in [0.717, 1.165) is 18.8 Å². The first kappa shape index (κ1) is 9.46. The molecule has 0 unspecified atom stereocenters. The van der Waals surface area contributed by atoms with Gasteiger partial charge in [-0.2, -0.15) is 0 Å². The highest BCUT2D eigenvalue weighted by atomic mass is 32.2. The van der Waals surface area contributed by atoms with Gasteiger partial charge in [0.25, 0.3) is 0 Å². The molecule has 0 amide bonds. The van der Waals surface area contributed by atoms with Crippen molar-refractivity contribution in [3.63, 3.8) is 0 Å². The average Bonchev–Trinajstić information content (AvgIpc) is 2.15. The standard InChI is InChI=1S/C10H13OS/c1-3-7-11-9-5-4-6-10(8-9)12-2/h5-6,8H,3,7H2,1-2H3. The van der Waals surface area contributed by atoms with Gasteiger partial charge in [0.05, 0.1) is 6.61 Å². The Morgan fingerprint density at radius 2 is 2.33 bits per heavy atom. The van der Waals surface area contributed by atoms with Crippen LogP contribution in [0.5, 0.6) is 5.75 Å². The minimum absolute atomic E-state index is 0.783. The van der Waals surface area contributed by atoms with Gasteiger partial charge >= 0.3 is 0 Å². The molecule has 1 aromatic carbocycles. The molecule has 1 nitrogen and oxygen atoms in total. The van der Waals surface area contributed by atoms with Gasteiger partial charge in [0.2, 0.25) is 0 Å². The van der Waals surface area contributed by atoms with Crippen molar-refractivity contribution in [1.29, 1.82) is 0 Å². The molecule has 0 spiro atoms. The van der Waals surface area contributed by atoms with Gasteiger partial charge in [0.15, 0.2) is 0 Å². The summed E-state index contributed by atoms with van der Waals surface area (Å²) in [7, 11) is 0. The van der Waals surface area contributed by atoms with Gasteiger partial charge < -0.3 is 4.74 Å². The molecule has 0 aliphatic carbocycles. The number of ether oxygens (including phenoxy) is 1. The fourth-order valence-electron chi connectivity index (χ4n) is 0.851. The Morgan fingerprint density at radius 1 is 1.50 bits per heavy atom. The van der Waals surface area contributed by atoms with Gasteiger partial charge in [-0.3, -0.25) is 0 Å². The van der Waals surface area contributed by atoms with Gasteiger partial charge in [0.1, 0.15) is 5.75 Å². The summed E-state index contributed by atoms with van der Waals surface area (Å²) in [5.74, 6) is 0.920. The topological polar surface area (TPSA) is 9.23 Å². The van der Waals surface area contributed by atoms with Gasteiger partial charge in [0, 0.05) is 4.90 Å². The molecule has 0 bridgehead atoms. The van der Waals surface area contributed by atoms with Gasteiger partial charge in [-0.05, 0) is 36.9 Å². The Bertz CT molecular complexity index is 235. The number of benzene rings is 1. The molecule has 1 aromatic rings. The quantitative estimate of drug-likeness (QED) is 0.660. The lowest BCUT2D eigenvalue weighted by molar-refractivity contribution is 0.316. The molecule has 0 saturated heterocycles. The number of rotatable bonds is 4. The highest BCUT2D eigenvalue weighted by Crippen LogP contribution is 2.20. The number of hydrogen-bond donors (Lipinski definition) is 0. The third-order valence-corrected chi connectivity index (χ3v) is 2.15. The lowest BCUT2D eigenvalue weighted by Gasteiger charge is -2.04. The third-order valence-electron chi connectivity index (χ3n) is 1.44. The zero-order valence-electron chi connectivity index (χ0n) is 7.46. The summed E-state index contributed by atoms with van der Waals surface area (Å²) in [5.41, 5.74) is 0. The van der Waals surface area contributed by atoms with E-state index < -0.39 is 0 Å². The van der Waals surface area contributed by atoms with Crippen molar-refractivity contribution in [3.05, 3.63) is 24.3 Å². The van der Waals surface area contributed by atoms with E-state index in [-0.39, 0.29) is 0 Å². The molecule has 12 heavy (non-hydrogen) atoms. The molecule has 0 heterocycles. The predicted molar refractivity (Wildman–Crippen MR) is 52.8 cm³/mol. The molecule has 0 aliphatic heterocycles. The van der Waals surface area contributed by atoms with Crippen LogP contribution in [-0.2, 0) is 0 Å². The summed E-state index contributed by atoms with van der Waals surface area (Å²) in [4.78, 5) is 1.20. The van der Waals surface area contributed by atoms with E-state index in [1.165, 1.54) is 4.90 Å². The minimum Gasteiger partial charge on any atom is -0.494 e. The van der Waals surface area contributed by atoms with Crippen molar-refractivity contribution < 1.29 is 4.74 Å². The summed E-state index contributed by atoms with van der Waals surface area (Å²) in [6.45, 7) is 2.88. The maximum Gasteiger partial charge on any atom is 0.121 e. The number of hydrogen-bond acceptors (Lipinski definition) is 2. The summed E-state index contributed by atoms with van der Waals surface area (Å²) in [6, 6.07) is 8.91. The van der Waals surface area contributed by atoms with Gasteiger partial charge in [-0.25, -0.2) is 0 Å². The Hall–Kier alpha value is -0.630. The monoisotopic (exact) mass is 181 g/mol. The molecule has 0 atom stereocenters. The molecule has 1 radical (unpaired) electrons. The Labute approximate surface area is 78.1 Å². The van der Waals surface area contributed by atoms with Crippen LogP contribution in [0.15, 0.2) is 23.1 Å². The maximum atomic E-state index is 5.45. The second-order valence-electron chi connectivity index (χ2n) is 2.46. The SMILES string of the molecule is CCCOc1c[c]cc(SC)c1. The Balaban J connectivity index is 2.60. The van der Waals surface area contributed by atoms with Crippen molar-refractivity contribution >= 4 is 11.8 Å². The molecule has 1 rings (SSSR count). The van der Waals surface area contributed by atoms with Crippen LogP contribution in [-0.4, -0.2) is 12.9 Å². The highest BCUT2D eigenvalue weighted by molar-refractivity contribution is 7.98. The van der Waals surface area contributed by atoms with E-state index in [2.05, 4.69) is 13.0 Å². The largest absolute Gasteiger partial charge is 0.494 e. The van der Waals surface area contributed by atoms with Crippen LogP contribution in [0.3, 0.4) is 0 Å². The first-order valence-corrected chi connectivity index (χ1v) is 5.27. The van der Waals surface area contributed by atoms with Crippen LogP contribution in [0.2, 0.25) is 0 Å². The average molecular weight is 181 g/mol. The third kappa shape index (κ3) is 2.78. The van der Waals surface area contributed by atoms with Crippen LogP contribution in [0.1, 0.15) is 13.3 Å². The molecular weight excluding hydrogens is 168 g/mol. The van der Waals surface area contributed by atoms with E-state index in [0.29, 0.717) is 0 Å². The Kier molecular flexibility index (Phi) is 4.01. The lowest BCUT2D eigenvalue weighted by Crippen LogP contribution is -1.94. The van der Waals surface area contributed by atoms with Crippen molar-refractivity contribution in [1.82, 2.24) is 0 Å². The lowest BCUT2D eigenvalue weighted by atomic mass is 10.3. The fourth-order valence-corrected chi connectivity index (χ4v) is 1.27. The molecule has 0 N–H and O–H groups in total. The smallest absolute Gasteiger partial charge is 0.121 e. The summed E-state index contributed by atoms with van der Waals surface area (Å²) in [5, 5.41) is 0. The van der Waals surface area contributed by atoms with Gasteiger partial charge in [-0.1, -0.05) is 6.92 Å². The summed E-state index contributed by atoms with van der Waals surface area (Å²) < 4.78 is 5.45. The fraction of sp³-hybridized carbons (Fsp3) is 0.400. The molecule has 0 fully saturated rings. The maximum absolute atomic E-state index is 5.45. The van der Waals surface area contributed by atoms with E-state index in [1.807, 2.05) is 24.5 Å². The van der Waals surface area contributed by atoms with Crippen LogP contribution >= 0.6 is 11.8 Å². The number of thioether (sulfide) groups is 1. The minimum atomic E-state index is 0.783. The van der Waals surface area contributed by atoms with E-state index >= 15 is 0 Å². The Morgan fingerprint density at radius 3 is 3.00 bits per heavy atom. The predicted octanol–water partition coefficient (Wildman–Crippen LogP) is 3.00. The van der Waals surface area contributed by atoms with Crippen molar-refractivity contribution in [2.45, 2.75) is 18.2 Å². The molecule has 2 heteroatoms. The zero-order valence-corrected chi connectivity index (χ0v) is 8.28. The molecule has 0 aromatic heterocycles. The summed E-state index contributed by atoms with van der Waals surface area (Å²) >= 11 is 1.71.